The summed E-state index contributed by atoms with van der Waals surface area (Å²) in [5.74, 6) is -0.343. The number of hydrogen-bond donors (Lipinski definition) is 1. The van der Waals surface area contributed by atoms with Crippen molar-refractivity contribution in [1.29, 1.82) is 5.26 Å². The van der Waals surface area contributed by atoms with E-state index in [4.69, 9.17) is 17.5 Å². The minimum absolute atomic E-state index is 0.343. The van der Waals surface area contributed by atoms with E-state index in [2.05, 4.69) is 11.1 Å². The normalized spacial score (nSPS) is 10.7. The van der Waals surface area contributed by atoms with Crippen molar-refractivity contribution in [3.63, 3.8) is 0 Å². The number of halogens is 1. The number of nitrogens with one attached hydrogen (secondary N) is 1. The zero-order valence-electron chi connectivity index (χ0n) is 10.6. The lowest BCUT2D eigenvalue weighted by atomic mass is 10.1. The average molecular weight is 283 g/mol. The number of aromatic nitrogens is 2. The average Bonchev–Trinajstić information content (AvgIpc) is 2.74. The van der Waals surface area contributed by atoms with Crippen molar-refractivity contribution in [3.8, 4) is 11.8 Å². The van der Waals surface area contributed by atoms with Crippen LogP contribution in [0.1, 0.15) is 11.1 Å². The second-order valence-electron chi connectivity index (χ2n) is 4.51. The molecule has 98 valence electrons. The molecule has 3 rings (SSSR count). The van der Waals surface area contributed by atoms with Crippen LogP contribution in [-0.4, -0.2) is 9.55 Å². The Labute approximate surface area is 119 Å². The molecule has 20 heavy (non-hydrogen) atoms. The number of fused-ring (bicyclic) bond motifs is 1. The Morgan fingerprint density at radius 2 is 2.10 bits per heavy atom. The summed E-state index contributed by atoms with van der Waals surface area (Å²) < 4.78 is 16.2. The third-order valence-corrected chi connectivity index (χ3v) is 3.51. The molecule has 0 aliphatic rings. The lowest BCUT2D eigenvalue weighted by molar-refractivity contribution is 0.617. The maximum absolute atomic E-state index is 14.2. The Morgan fingerprint density at radius 3 is 2.80 bits per heavy atom. The van der Waals surface area contributed by atoms with Crippen LogP contribution in [-0.2, 0) is 0 Å². The highest BCUT2D eigenvalue weighted by Gasteiger charge is 2.13. The van der Waals surface area contributed by atoms with Gasteiger partial charge in [-0.25, -0.2) is 4.39 Å². The second kappa shape index (κ2) is 4.58. The van der Waals surface area contributed by atoms with Gasteiger partial charge in [-0.3, -0.25) is 4.57 Å². The largest absolute Gasteiger partial charge is 0.330 e. The summed E-state index contributed by atoms with van der Waals surface area (Å²) in [6.45, 7) is 1.83. The number of hydrogen-bond acceptors (Lipinski definition) is 2. The quantitative estimate of drug-likeness (QED) is 0.686. The molecule has 0 atom stereocenters. The monoisotopic (exact) mass is 283 g/mol. The fourth-order valence-electron chi connectivity index (χ4n) is 2.30. The minimum atomic E-state index is -0.343. The number of rotatable bonds is 1. The molecule has 0 fully saturated rings. The Hall–Kier alpha value is -2.45. The fourth-order valence-corrected chi connectivity index (χ4v) is 2.60. The first-order chi connectivity index (χ1) is 9.61. The summed E-state index contributed by atoms with van der Waals surface area (Å²) >= 11 is 5.29. The molecule has 0 spiro atoms. The molecular weight excluding hydrogens is 273 g/mol. The van der Waals surface area contributed by atoms with Crippen LogP contribution in [0.15, 0.2) is 36.4 Å². The molecule has 0 amide bonds. The summed E-state index contributed by atoms with van der Waals surface area (Å²) in [7, 11) is 0. The summed E-state index contributed by atoms with van der Waals surface area (Å²) in [4.78, 5) is 3.03. The standard InChI is InChI=1S/C15H10FN3S/c1-9-3-2-4-11(16)14(9)19-13-7-10(8-17)5-6-12(13)18-15(19)20/h2-7H,1H3,(H,18,20). The van der Waals surface area contributed by atoms with Gasteiger partial charge in [0, 0.05) is 0 Å². The first-order valence-corrected chi connectivity index (χ1v) is 6.43. The Morgan fingerprint density at radius 1 is 1.30 bits per heavy atom. The number of nitriles is 1. The molecular formula is C15H10FN3S. The van der Waals surface area contributed by atoms with E-state index in [0.29, 0.717) is 21.5 Å². The van der Waals surface area contributed by atoms with Gasteiger partial charge >= 0.3 is 0 Å². The van der Waals surface area contributed by atoms with Crippen LogP contribution in [0.5, 0.6) is 0 Å². The third-order valence-electron chi connectivity index (χ3n) is 3.22. The van der Waals surface area contributed by atoms with Crippen molar-refractivity contribution in [1.82, 2.24) is 9.55 Å². The molecule has 0 bridgehead atoms. The van der Waals surface area contributed by atoms with Crippen LogP contribution in [0, 0.1) is 28.8 Å². The Balaban J connectivity index is 2.45. The molecule has 0 saturated carbocycles. The molecule has 0 aliphatic carbocycles. The van der Waals surface area contributed by atoms with E-state index in [0.717, 1.165) is 11.1 Å². The van der Waals surface area contributed by atoms with Crippen molar-refractivity contribution < 1.29 is 4.39 Å². The highest BCUT2D eigenvalue weighted by molar-refractivity contribution is 7.71. The van der Waals surface area contributed by atoms with E-state index in [9.17, 15) is 4.39 Å². The van der Waals surface area contributed by atoms with Crippen molar-refractivity contribution in [2.75, 3.05) is 0 Å². The van der Waals surface area contributed by atoms with E-state index in [1.807, 2.05) is 13.0 Å². The van der Waals surface area contributed by atoms with Crippen LogP contribution in [0.3, 0.4) is 0 Å². The smallest absolute Gasteiger partial charge is 0.182 e. The van der Waals surface area contributed by atoms with Crippen molar-refractivity contribution in [3.05, 3.63) is 58.1 Å². The van der Waals surface area contributed by atoms with Crippen molar-refractivity contribution in [2.24, 2.45) is 0 Å². The maximum Gasteiger partial charge on any atom is 0.182 e. The predicted octanol–water partition coefficient (Wildman–Crippen LogP) is 4.01. The van der Waals surface area contributed by atoms with Crippen LogP contribution in [0.4, 0.5) is 4.39 Å². The van der Waals surface area contributed by atoms with Gasteiger partial charge in [0.25, 0.3) is 0 Å². The van der Waals surface area contributed by atoms with Crippen molar-refractivity contribution >= 4 is 23.3 Å². The molecule has 0 saturated heterocycles. The van der Waals surface area contributed by atoms with Crippen LogP contribution >= 0.6 is 12.2 Å². The van der Waals surface area contributed by atoms with Gasteiger partial charge < -0.3 is 4.98 Å². The Bertz CT molecular complexity index is 895. The third kappa shape index (κ3) is 1.82. The lowest BCUT2D eigenvalue weighted by Gasteiger charge is -2.09. The van der Waals surface area contributed by atoms with E-state index >= 15 is 0 Å². The molecule has 0 unspecified atom stereocenters. The van der Waals surface area contributed by atoms with Gasteiger partial charge in [0.2, 0.25) is 0 Å². The number of aryl methyl sites for hydroxylation is 1. The highest BCUT2D eigenvalue weighted by Crippen LogP contribution is 2.25. The van der Waals surface area contributed by atoms with Gasteiger partial charge in [-0.05, 0) is 49.0 Å². The molecule has 2 aromatic carbocycles. The lowest BCUT2D eigenvalue weighted by Crippen LogP contribution is -2.00. The molecule has 1 N–H and O–H groups in total. The number of nitrogens with zero attached hydrogens (tertiary/aromatic N) is 2. The molecule has 5 heteroatoms. The topological polar surface area (TPSA) is 44.5 Å². The molecule has 0 aliphatic heterocycles. The summed E-state index contributed by atoms with van der Waals surface area (Å²) in [5.41, 5.74) is 3.18. The van der Waals surface area contributed by atoms with Gasteiger partial charge in [0.05, 0.1) is 28.4 Å². The zero-order valence-corrected chi connectivity index (χ0v) is 11.5. The van der Waals surface area contributed by atoms with Gasteiger partial charge in [-0.15, -0.1) is 0 Å². The van der Waals surface area contributed by atoms with Crippen LogP contribution < -0.4 is 0 Å². The summed E-state index contributed by atoms with van der Waals surface area (Å²) in [6.07, 6.45) is 0. The number of aromatic amines is 1. The summed E-state index contributed by atoms with van der Waals surface area (Å²) in [6, 6.07) is 12.1. The SMILES string of the molecule is Cc1cccc(F)c1-n1c(=S)[nH]c2ccc(C#N)cc21. The fraction of sp³-hybridized carbons (Fsp3) is 0.0667. The first kappa shape index (κ1) is 12.6. The number of benzene rings is 2. The van der Waals surface area contributed by atoms with E-state index in [1.54, 1.807) is 28.8 Å². The van der Waals surface area contributed by atoms with Crippen LogP contribution in [0.25, 0.3) is 16.7 Å². The number of imidazole rings is 1. The molecule has 1 aromatic heterocycles. The minimum Gasteiger partial charge on any atom is -0.330 e. The maximum atomic E-state index is 14.2. The molecule has 3 aromatic rings. The number of H-pyrrole nitrogens is 1. The van der Waals surface area contributed by atoms with E-state index in [-0.39, 0.29) is 5.82 Å². The first-order valence-electron chi connectivity index (χ1n) is 6.02. The van der Waals surface area contributed by atoms with E-state index in [1.165, 1.54) is 6.07 Å². The van der Waals surface area contributed by atoms with Gasteiger partial charge in [-0.2, -0.15) is 5.26 Å². The highest BCUT2D eigenvalue weighted by atomic mass is 32.1. The molecule has 1 heterocycles. The van der Waals surface area contributed by atoms with Crippen molar-refractivity contribution in [2.45, 2.75) is 6.92 Å². The molecule has 3 nitrogen and oxygen atoms in total. The van der Waals surface area contributed by atoms with Gasteiger partial charge in [0.15, 0.2) is 4.77 Å². The zero-order chi connectivity index (χ0) is 14.3. The van der Waals surface area contributed by atoms with E-state index < -0.39 is 0 Å². The second-order valence-corrected chi connectivity index (χ2v) is 4.90. The van der Waals surface area contributed by atoms with Crippen LogP contribution in [0.2, 0.25) is 0 Å². The van der Waals surface area contributed by atoms with Gasteiger partial charge in [-0.1, -0.05) is 12.1 Å². The predicted molar refractivity (Wildman–Crippen MR) is 77.9 cm³/mol. The summed E-state index contributed by atoms with van der Waals surface area (Å²) in [5, 5.41) is 9.00. The Kier molecular flexibility index (Phi) is 2.88. The van der Waals surface area contributed by atoms with Gasteiger partial charge in [0.1, 0.15) is 5.82 Å². The number of para-hydroxylation sites is 1. The molecule has 0 radical (unpaired) electrons.